The lowest BCUT2D eigenvalue weighted by Gasteiger charge is -2.34. The van der Waals surface area contributed by atoms with Crippen molar-refractivity contribution in [2.24, 2.45) is 5.41 Å². The molecule has 0 saturated heterocycles. The molecule has 2 N–H and O–H groups in total. The number of carbonyl (C=O) groups excluding carboxylic acids is 1. The quantitative estimate of drug-likeness (QED) is 0.476. The van der Waals surface area contributed by atoms with Crippen LogP contribution >= 0.6 is 0 Å². The average Bonchev–Trinajstić information content (AvgIpc) is 2.94. The summed E-state index contributed by atoms with van der Waals surface area (Å²) in [4.78, 5) is 13.4. The Kier molecular flexibility index (Phi) is 5.41. The van der Waals surface area contributed by atoms with Gasteiger partial charge in [0.05, 0.1) is 17.4 Å². The molecular weight excluding hydrogens is 415 g/mol. The van der Waals surface area contributed by atoms with Crippen LogP contribution in [0.3, 0.4) is 0 Å². The zero-order valence-electron chi connectivity index (χ0n) is 18.8. The molecule has 3 aromatic carbocycles. The molecule has 3 aromatic rings. The lowest BCUT2D eigenvalue weighted by atomic mass is 9.73. The summed E-state index contributed by atoms with van der Waals surface area (Å²) in [5, 5.41) is 7.15. The van der Waals surface area contributed by atoms with E-state index in [9.17, 15) is 9.18 Å². The molecule has 4 nitrogen and oxygen atoms in total. The first-order valence-corrected chi connectivity index (χ1v) is 11.2. The predicted octanol–water partition coefficient (Wildman–Crippen LogP) is 6.63. The number of halogens is 1. The number of Topliss-reactive ketones (excluding diaryl/α,β-unsaturated/α-hetero) is 1. The van der Waals surface area contributed by atoms with E-state index in [2.05, 4.69) is 24.5 Å². The first kappa shape index (κ1) is 21.3. The number of ether oxygens (including phenoxy) is 1. The van der Waals surface area contributed by atoms with E-state index >= 15 is 0 Å². The molecule has 0 aromatic heterocycles. The highest BCUT2D eigenvalue weighted by molar-refractivity contribution is 6.01. The summed E-state index contributed by atoms with van der Waals surface area (Å²) in [5.41, 5.74) is 5.47. The molecule has 0 spiro atoms. The lowest BCUT2D eigenvalue weighted by Crippen LogP contribution is -2.31. The molecule has 5 heteroatoms. The highest BCUT2D eigenvalue weighted by Crippen LogP contribution is 2.45. The van der Waals surface area contributed by atoms with Crippen LogP contribution in [-0.4, -0.2) is 5.78 Å². The normalized spacial score (nSPS) is 19.0. The van der Waals surface area contributed by atoms with Crippen LogP contribution in [0.5, 0.6) is 5.75 Å². The zero-order valence-corrected chi connectivity index (χ0v) is 18.8. The number of nitrogens with one attached hydrogen (secondary N) is 2. The highest BCUT2D eigenvalue weighted by atomic mass is 19.1. The Balaban J connectivity index is 1.49. The largest absolute Gasteiger partial charge is 0.489 e. The maximum absolute atomic E-state index is 13.4. The number of para-hydroxylation sites is 2. The molecule has 2 aliphatic rings. The summed E-state index contributed by atoms with van der Waals surface area (Å²) < 4.78 is 19.2. The minimum atomic E-state index is -0.283. The van der Waals surface area contributed by atoms with Gasteiger partial charge in [-0.15, -0.1) is 0 Å². The molecule has 0 unspecified atom stereocenters. The van der Waals surface area contributed by atoms with Crippen molar-refractivity contribution in [2.45, 2.75) is 39.3 Å². The van der Waals surface area contributed by atoms with Crippen LogP contribution in [0.2, 0.25) is 0 Å². The van der Waals surface area contributed by atoms with Crippen molar-refractivity contribution in [3.05, 3.63) is 101 Å². The number of fused-ring (bicyclic) bond motifs is 1. The second kappa shape index (κ2) is 8.39. The van der Waals surface area contributed by atoms with Crippen LogP contribution in [0.25, 0.3) is 0 Å². The van der Waals surface area contributed by atoms with E-state index < -0.39 is 0 Å². The number of anilines is 2. The minimum absolute atomic E-state index is 0.0904. The lowest BCUT2D eigenvalue weighted by molar-refractivity contribution is -0.118. The maximum Gasteiger partial charge on any atom is 0.163 e. The van der Waals surface area contributed by atoms with Crippen molar-refractivity contribution in [1.29, 1.82) is 0 Å². The Bertz CT molecular complexity index is 1230. The molecule has 1 atom stereocenters. The van der Waals surface area contributed by atoms with E-state index in [-0.39, 0.29) is 23.1 Å². The van der Waals surface area contributed by atoms with Crippen LogP contribution in [0.1, 0.15) is 43.9 Å². The fraction of sp³-hybridized carbons (Fsp3) is 0.250. The molecule has 0 saturated carbocycles. The van der Waals surface area contributed by atoms with Gasteiger partial charge in [0.15, 0.2) is 5.78 Å². The smallest absolute Gasteiger partial charge is 0.163 e. The number of carbonyl (C=O) groups is 1. The second-order valence-electron chi connectivity index (χ2n) is 9.57. The molecule has 0 radical (unpaired) electrons. The van der Waals surface area contributed by atoms with E-state index in [1.54, 1.807) is 12.1 Å². The monoisotopic (exact) mass is 442 g/mol. The van der Waals surface area contributed by atoms with Crippen LogP contribution in [0.15, 0.2) is 84.1 Å². The fourth-order valence-corrected chi connectivity index (χ4v) is 4.67. The molecule has 0 amide bonds. The highest BCUT2D eigenvalue weighted by Gasteiger charge is 2.38. The topological polar surface area (TPSA) is 50.4 Å². The van der Waals surface area contributed by atoms with Gasteiger partial charge in [0.1, 0.15) is 18.2 Å². The maximum atomic E-state index is 13.4. The van der Waals surface area contributed by atoms with Crippen LogP contribution in [-0.2, 0) is 11.4 Å². The Morgan fingerprint density at radius 3 is 2.52 bits per heavy atom. The van der Waals surface area contributed by atoms with Gasteiger partial charge in [-0.1, -0.05) is 50.2 Å². The summed E-state index contributed by atoms with van der Waals surface area (Å²) in [6, 6.07) is 21.9. The Morgan fingerprint density at radius 2 is 1.73 bits per heavy atom. The van der Waals surface area contributed by atoms with Gasteiger partial charge in [0, 0.05) is 17.7 Å². The zero-order chi connectivity index (χ0) is 23.0. The first-order valence-electron chi connectivity index (χ1n) is 11.2. The standard InChI is InChI=1S/C28H27FN2O2/c1-28(2)15-24-26(25(32)16-28)27(31-23-9-4-3-8-22(23)30-24)19-6-5-7-21(14-19)33-17-18-10-12-20(29)13-11-18/h3-14,27,30-31H,15-17H2,1-2H3/t27-/m0/s1. The van der Waals surface area contributed by atoms with E-state index in [0.717, 1.165) is 40.2 Å². The minimum Gasteiger partial charge on any atom is -0.489 e. The van der Waals surface area contributed by atoms with E-state index in [4.69, 9.17) is 4.74 Å². The van der Waals surface area contributed by atoms with Crippen molar-refractivity contribution < 1.29 is 13.9 Å². The molecule has 168 valence electrons. The SMILES string of the molecule is CC1(C)CC(=O)C2=C(C1)Nc1ccccc1N[C@H]2c1cccc(OCc2ccc(F)cc2)c1. The Labute approximate surface area is 193 Å². The Hall–Kier alpha value is -3.60. The summed E-state index contributed by atoms with van der Waals surface area (Å²) in [5.74, 6) is 0.602. The third-order valence-electron chi connectivity index (χ3n) is 6.23. The number of hydrogen-bond donors (Lipinski definition) is 2. The van der Waals surface area contributed by atoms with Gasteiger partial charge in [0.2, 0.25) is 0 Å². The average molecular weight is 443 g/mol. The van der Waals surface area contributed by atoms with Gasteiger partial charge < -0.3 is 15.4 Å². The van der Waals surface area contributed by atoms with Crippen molar-refractivity contribution >= 4 is 17.2 Å². The summed E-state index contributed by atoms with van der Waals surface area (Å²) >= 11 is 0. The van der Waals surface area contributed by atoms with E-state index in [1.165, 1.54) is 12.1 Å². The number of ketones is 1. The van der Waals surface area contributed by atoms with Crippen LogP contribution in [0, 0.1) is 11.2 Å². The molecule has 5 rings (SSSR count). The molecule has 0 bridgehead atoms. The number of rotatable bonds is 4. The van der Waals surface area contributed by atoms with Gasteiger partial charge in [-0.2, -0.15) is 0 Å². The van der Waals surface area contributed by atoms with Gasteiger partial charge in [-0.25, -0.2) is 4.39 Å². The summed E-state index contributed by atoms with van der Waals surface area (Å²) in [6.45, 7) is 4.62. The summed E-state index contributed by atoms with van der Waals surface area (Å²) in [7, 11) is 0. The summed E-state index contributed by atoms with van der Waals surface area (Å²) in [6.07, 6.45) is 1.32. The molecular formula is C28H27FN2O2. The van der Waals surface area contributed by atoms with Crippen molar-refractivity contribution in [3.8, 4) is 5.75 Å². The molecule has 1 heterocycles. The number of hydrogen-bond acceptors (Lipinski definition) is 4. The van der Waals surface area contributed by atoms with Crippen LogP contribution in [0.4, 0.5) is 15.8 Å². The molecule has 33 heavy (non-hydrogen) atoms. The number of benzene rings is 3. The van der Waals surface area contributed by atoms with Gasteiger partial charge in [-0.05, 0) is 59.4 Å². The fourth-order valence-electron chi connectivity index (χ4n) is 4.67. The Morgan fingerprint density at radius 1 is 0.970 bits per heavy atom. The van der Waals surface area contributed by atoms with Crippen molar-refractivity contribution in [3.63, 3.8) is 0 Å². The van der Waals surface area contributed by atoms with Gasteiger partial charge in [-0.3, -0.25) is 4.79 Å². The van der Waals surface area contributed by atoms with Gasteiger partial charge in [0.25, 0.3) is 0 Å². The predicted molar refractivity (Wildman–Crippen MR) is 129 cm³/mol. The molecule has 1 aliphatic heterocycles. The first-order chi connectivity index (χ1) is 15.9. The number of allylic oxidation sites excluding steroid dienone is 1. The van der Waals surface area contributed by atoms with E-state index in [0.29, 0.717) is 18.8 Å². The second-order valence-corrected chi connectivity index (χ2v) is 9.57. The van der Waals surface area contributed by atoms with Gasteiger partial charge >= 0.3 is 0 Å². The van der Waals surface area contributed by atoms with Crippen LogP contribution < -0.4 is 15.4 Å². The molecule has 0 fully saturated rings. The molecule has 1 aliphatic carbocycles. The van der Waals surface area contributed by atoms with E-state index in [1.807, 2.05) is 48.5 Å². The van der Waals surface area contributed by atoms with Crippen molar-refractivity contribution in [2.75, 3.05) is 10.6 Å². The van der Waals surface area contributed by atoms with Crippen molar-refractivity contribution in [1.82, 2.24) is 0 Å². The third-order valence-corrected chi connectivity index (χ3v) is 6.23. The third kappa shape index (κ3) is 4.49.